The predicted octanol–water partition coefficient (Wildman–Crippen LogP) is 4.77. The molecule has 0 aliphatic heterocycles. The summed E-state index contributed by atoms with van der Waals surface area (Å²) in [6.07, 6.45) is 1.13. The molecule has 0 aliphatic carbocycles. The predicted molar refractivity (Wildman–Crippen MR) is 86.2 cm³/mol. The summed E-state index contributed by atoms with van der Waals surface area (Å²) in [7, 11) is 0. The van der Waals surface area contributed by atoms with Crippen LogP contribution >= 0.6 is 11.6 Å². The second-order valence-electron chi connectivity index (χ2n) is 4.83. The maximum Gasteiger partial charge on any atom is 0.255 e. The minimum atomic E-state index is -0.187. The van der Waals surface area contributed by atoms with Crippen LogP contribution in [0.15, 0.2) is 48.5 Å². The Balaban J connectivity index is 2.01. The molecule has 0 radical (unpaired) electrons. The van der Waals surface area contributed by atoms with Gasteiger partial charge in [0.2, 0.25) is 0 Å². The van der Waals surface area contributed by atoms with E-state index < -0.39 is 0 Å². The number of hydrogen-bond donors (Lipinski definition) is 1. The first-order valence-corrected chi connectivity index (χ1v) is 7.30. The molecular weight excluding hydrogens is 286 g/mol. The summed E-state index contributed by atoms with van der Waals surface area (Å²) in [5.74, 6) is 0.609. The lowest BCUT2D eigenvalue weighted by atomic mass is 10.2. The molecule has 1 atom stereocenters. The first-order chi connectivity index (χ1) is 10.1. The number of rotatable bonds is 5. The number of ether oxygens (including phenoxy) is 1. The number of anilines is 1. The number of halogens is 1. The van der Waals surface area contributed by atoms with Gasteiger partial charge in [-0.25, -0.2) is 0 Å². The van der Waals surface area contributed by atoms with Gasteiger partial charge >= 0.3 is 0 Å². The van der Waals surface area contributed by atoms with E-state index >= 15 is 0 Å². The lowest BCUT2D eigenvalue weighted by Crippen LogP contribution is -2.12. The monoisotopic (exact) mass is 303 g/mol. The van der Waals surface area contributed by atoms with Gasteiger partial charge in [-0.2, -0.15) is 0 Å². The summed E-state index contributed by atoms with van der Waals surface area (Å²) < 4.78 is 5.69. The zero-order valence-electron chi connectivity index (χ0n) is 12.1. The molecule has 0 aliphatic rings. The van der Waals surface area contributed by atoms with E-state index in [9.17, 15) is 4.79 Å². The molecule has 0 heterocycles. The van der Waals surface area contributed by atoms with Crippen molar-refractivity contribution >= 4 is 23.2 Å². The minimum Gasteiger partial charge on any atom is -0.491 e. The van der Waals surface area contributed by atoms with Crippen LogP contribution in [0.1, 0.15) is 30.6 Å². The molecule has 1 unspecified atom stereocenters. The number of carbonyl (C=O) groups excluding carboxylic acids is 1. The minimum absolute atomic E-state index is 0.178. The van der Waals surface area contributed by atoms with Crippen LogP contribution in [0.25, 0.3) is 0 Å². The van der Waals surface area contributed by atoms with E-state index in [1.165, 1.54) is 0 Å². The van der Waals surface area contributed by atoms with Crippen molar-refractivity contribution in [3.05, 3.63) is 59.1 Å². The van der Waals surface area contributed by atoms with Crippen LogP contribution in [0.3, 0.4) is 0 Å². The van der Waals surface area contributed by atoms with Gasteiger partial charge in [0.15, 0.2) is 0 Å². The van der Waals surface area contributed by atoms with Gasteiger partial charge in [-0.05, 0) is 55.8 Å². The van der Waals surface area contributed by atoms with Crippen molar-refractivity contribution in [2.24, 2.45) is 0 Å². The number of amides is 1. The molecule has 2 rings (SSSR count). The quantitative estimate of drug-likeness (QED) is 0.864. The molecule has 2 aromatic carbocycles. The average molecular weight is 304 g/mol. The van der Waals surface area contributed by atoms with E-state index in [1.54, 1.807) is 24.3 Å². The fourth-order valence-corrected chi connectivity index (χ4v) is 1.96. The van der Waals surface area contributed by atoms with Crippen molar-refractivity contribution in [1.82, 2.24) is 0 Å². The summed E-state index contributed by atoms with van der Waals surface area (Å²) in [6.45, 7) is 4.10. The Hall–Kier alpha value is -2.00. The third-order valence-corrected chi connectivity index (χ3v) is 3.35. The molecule has 1 N–H and O–H groups in total. The Kier molecular flexibility index (Phi) is 5.23. The summed E-state index contributed by atoms with van der Waals surface area (Å²) >= 11 is 5.88. The summed E-state index contributed by atoms with van der Waals surface area (Å²) in [4.78, 5) is 12.1. The highest BCUT2D eigenvalue weighted by Gasteiger charge is 2.07. The molecule has 3 nitrogen and oxygen atoms in total. The van der Waals surface area contributed by atoms with Crippen molar-refractivity contribution in [1.29, 1.82) is 0 Å². The van der Waals surface area contributed by atoms with Gasteiger partial charge in [0.25, 0.3) is 5.91 Å². The summed E-state index contributed by atoms with van der Waals surface area (Å²) in [6, 6.07) is 14.2. The van der Waals surface area contributed by atoms with Crippen molar-refractivity contribution in [2.75, 3.05) is 5.32 Å². The van der Waals surface area contributed by atoms with Gasteiger partial charge in [0, 0.05) is 16.3 Å². The Morgan fingerprint density at radius 3 is 2.57 bits per heavy atom. The van der Waals surface area contributed by atoms with E-state index in [-0.39, 0.29) is 12.0 Å². The first-order valence-electron chi connectivity index (χ1n) is 6.92. The van der Waals surface area contributed by atoms with Crippen LogP contribution in [-0.4, -0.2) is 12.0 Å². The normalized spacial score (nSPS) is 11.8. The van der Waals surface area contributed by atoms with Crippen molar-refractivity contribution < 1.29 is 9.53 Å². The van der Waals surface area contributed by atoms with Crippen LogP contribution in [0.4, 0.5) is 5.69 Å². The second-order valence-corrected chi connectivity index (χ2v) is 5.26. The van der Waals surface area contributed by atoms with Gasteiger partial charge in [0.1, 0.15) is 5.75 Å². The molecule has 21 heavy (non-hydrogen) atoms. The van der Waals surface area contributed by atoms with E-state index in [2.05, 4.69) is 12.2 Å². The maximum absolute atomic E-state index is 12.1. The van der Waals surface area contributed by atoms with Crippen molar-refractivity contribution in [2.45, 2.75) is 26.4 Å². The molecule has 0 spiro atoms. The van der Waals surface area contributed by atoms with Gasteiger partial charge in [-0.3, -0.25) is 4.79 Å². The third kappa shape index (κ3) is 4.50. The zero-order chi connectivity index (χ0) is 15.2. The fourth-order valence-electron chi connectivity index (χ4n) is 1.77. The highest BCUT2D eigenvalue weighted by molar-refractivity contribution is 6.31. The molecule has 0 bridgehead atoms. The Labute approximate surface area is 129 Å². The topological polar surface area (TPSA) is 38.3 Å². The van der Waals surface area contributed by atoms with Crippen molar-refractivity contribution in [3.8, 4) is 5.75 Å². The van der Waals surface area contributed by atoms with Gasteiger partial charge in [-0.15, -0.1) is 0 Å². The van der Waals surface area contributed by atoms with Crippen LogP contribution < -0.4 is 10.1 Å². The van der Waals surface area contributed by atoms with E-state index in [0.29, 0.717) is 10.6 Å². The molecular formula is C17H18ClNO2. The first kappa shape index (κ1) is 15.4. The second kappa shape index (κ2) is 7.14. The van der Waals surface area contributed by atoms with Crippen molar-refractivity contribution in [3.63, 3.8) is 0 Å². The van der Waals surface area contributed by atoms with Gasteiger partial charge in [-0.1, -0.05) is 24.6 Å². The SMILES string of the molecule is CCC(C)Oc1ccc(NC(=O)c2cccc(Cl)c2)cc1. The Bertz CT molecular complexity index is 610. The molecule has 0 aromatic heterocycles. The third-order valence-electron chi connectivity index (χ3n) is 3.11. The molecule has 110 valence electrons. The van der Waals surface area contributed by atoms with Gasteiger partial charge in [0.05, 0.1) is 6.10 Å². The summed E-state index contributed by atoms with van der Waals surface area (Å²) in [5, 5.41) is 3.37. The highest BCUT2D eigenvalue weighted by Crippen LogP contribution is 2.19. The standard InChI is InChI=1S/C17H18ClNO2/c1-3-12(2)21-16-9-7-15(8-10-16)19-17(20)13-5-4-6-14(18)11-13/h4-12H,3H2,1-2H3,(H,19,20). The molecule has 1 amide bonds. The highest BCUT2D eigenvalue weighted by atomic mass is 35.5. The number of carbonyl (C=O) groups is 1. The van der Waals surface area contributed by atoms with Crippen LogP contribution in [-0.2, 0) is 0 Å². The molecule has 4 heteroatoms. The van der Waals surface area contributed by atoms with Crippen LogP contribution in [0.2, 0.25) is 5.02 Å². The smallest absolute Gasteiger partial charge is 0.255 e. The average Bonchev–Trinajstić information content (AvgIpc) is 2.49. The molecule has 2 aromatic rings. The van der Waals surface area contributed by atoms with Crippen LogP contribution in [0.5, 0.6) is 5.75 Å². The van der Waals surface area contributed by atoms with Gasteiger partial charge < -0.3 is 10.1 Å². The van der Waals surface area contributed by atoms with E-state index in [1.807, 2.05) is 31.2 Å². The number of benzene rings is 2. The van der Waals surface area contributed by atoms with E-state index in [4.69, 9.17) is 16.3 Å². The van der Waals surface area contributed by atoms with Crippen LogP contribution in [0, 0.1) is 0 Å². The molecule has 0 fully saturated rings. The Morgan fingerprint density at radius 1 is 1.24 bits per heavy atom. The lowest BCUT2D eigenvalue weighted by Gasteiger charge is -2.13. The Morgan fingerprint density at radius 2 is 1.95 bits per heavy atom. The fraction of sp³-hybridized carbons (Fsp3) is 0.235. The maximum atomic E-state index is 12.1. The lowest BCUT2D eigenvalue weighted by molar-refractivity contribution is 0.102. The zero-order valence-corrected chi connectivity index (χ0v) is 12.9. The van der Waals surface area contributed by atoms with E-state index in [0.717, 1.165) is 17.9 Å². The summed E-state index contributed by atoms with van der Waals surface area (Å²) in [5.41, 5.74) is 1.25. The molecule has 0 saturated carbocycles. The molecule has 0 saturated heterocycles. The largest absolute Gasteiger partial charge is 0.491 e. The number of nitrogens with one attached hydrogen (secondary N) is 1. The number of hydrogen-bond acceptors (Lipinski definition) is 2.